The van der Waals surface area contributed by atoms with Crippen molar-refractivity contribution >= 4 is 24.2 Å². The van der Waals surface area contributed by atoms with Gasteiger partial charge < -0.3 is 19.9 Å². The number of nitrogens with zero attached hydrogens (tertiary/aromatic N) is 2. The van der Waals surface area contributed by atoms with Crippen molar-refractivity contribution < 1.29 is 14.3 Å². The van der Waals surface area contributed by atoms with Crippen LogP contribution in [0.4, 0.5) is 0 Å². The highest BCUT2D eigenvalue weighted by Gasteiger charge is 2.24. The Kier molecular flexibility index (Phi) is 9.52. The van der Waals surface area contributed by atoms with Crippen molar-refractivity contribution in [3.05, 3.63) is 0 Å². The number of carbonyl (C=O) groups is 2. The van der Waals surface area contributed by atoms with E-state index in [1.165, 1.54) is 6.42 Å². The Morgan fingerprint density at radius 1 is 1.00 bits per heavy atom. The molecule has 0 aromatic carbocycles. The van der Waals surface area contributed by atoms with Crippen LogP contribution in [0.3, 0.4) is 0 Å². The summed E-state index contributed by atoms with van der Waals surface area (Å²) in [7, 11) is 1.98. The molecule has 0 spiro atoms. The molecule has 0 atom stereocenters. The second-order valence-electron chi connectivity index (χ2n) is 6.21. The lowest BCUT2D eigenvalue weighted by Crippen LogP contribution is -2.42. The summed E-state index contributed by atoms with van der Waals surface area (Å²) >= 11 is 0. The Morgan fingerprint density at radius 3 is 2.04 bits per heavy atom. The Balaban J connectivity index is 0.00000264. The zero-order valence-corrected chi connectivity index (χ0v) is 14.9. The van der Waals surface area contributed by atoms with Crippen molar-refractivity contribution in [1.82, 2.24) is 15.1 Å². The van der Waals surface area contributed by atoms with Crippen LogP contribution in [0.1, 0.15) is 32.1 Å². The van der Waals surface area contributed by atoms with Crippen LogP contribution in [0, 0.1) is 5.92 Å². The van der Waals surface area contributed by atoms with Gasteiger partial charge in [-0.05, 0) is 38.8 Å². The molecular weight excluding hydrogens is 318 g/mol. The van der Waals surface area contributed by atoms with Gasteiger partial charge in [-0.3, -0.25) is 9.59 Å². The van der Waals surface area contributed by atoms with Gasteiger partial charge in [-0.1, -0.05) is 0 Å². The largest absolute Gasteiger partial charge is 0.378 e. The highest BCUT2D eigenvalue weighted by atomic mass is 35.5. The Morgan fingerprint density at radius 2 is 1.52 bits per heavy atom. The van der Waals surface area contributed by atoms with E-state index in [-0.39, 0.29) is 24.2 Å². The maximum atomic E-state index is 12.2. The second-order valence-corrected chi connectivity index (χ2v) is 6.21. The SMILES string of the molecule is CNCCC1CCN(C(=O)CCC(=O)N2CCOCC2)CC1.Cl. The van der Waals surface area contributed by atoms with E-state index in [2.05, 4.69) is 5.32 Å². The predicted molar refractivity (Wildman–Crippen MR) is 91.7 cm³/mol. The van der Waals surface area contributed by atoms with E-state index in [1.54, 1.807) is 4.90 Å². The number of piperidine rings is 1. The van der Waals surface area contributed by atoms with Gasteiger partial charge >= 0.3 is 0 Å². The molecule has 0 aromatic rings. The summed E-state index contributed by atoms with van der Waals surface area (Å²) in [6, 6.07) is 0. The molecule has 2 amide bonds. The molecule has 6 nitrogen and oxygen atoms in total. The van der Waals surface area contributed by atoms with Gasteiger partial charge in [-0.25, -0.2) is 0 Å². The van der Waals surface area contributed by atoms with Crippen LogP contribution < -0.4 is 5.32 Å². The van der Waals surface area contributed by atoms with Crippen LogP contribution in [0.25, 0.3) is 0 Å². The highest BCUT2D eigenvalue weighted by molar-refractivity contribution is 5.85. The minimum atomic E-state index is 0. The lowest BCUT2D eigenvalue weighted by molar-refractivity contribution is -0.140. The van der Waals surface area contributed by atoms with Gasteiger partial charge in [0, 0.05) is 39.0 Å². The van der Waals surface area contributed by atoms with Gasteiger partial charge in [0.05, 0.1) is 13.2 Å². The molecule has 2 heterocycles. The maximum absolute atomic E-state index is 12.2. The zero-order valence-electron chi connectivity index (χ0n) is 14.1. The molecule has 2 rings (SSSR count). The third kappa shape index (κ3) is 6.65. The van der Waals surface area contributed by atoms with Gasteiger partial charge in [0.2, 0.25) is 11.8 Å². The molecule has 0 bridgehead atoms. The minimum Gasteiger partial charge on any atom is -0.378 e. The third-order valence-corrected chi connectivity index (χ3v) is 4.69. The first-order chi connectivity index (χ1) is 10.7. The van der Waals surface area contributed by atoms with E-state index in [9.17, 15) is 9.59 Å². The summed E-state index contributed by atoms with van der Waals surface area (Å²) in [5, 5.41) is 3.18. The standard InChI is InChI=1S/C16H29N3O3.ClH/c1-17-7-4-14-5-8-18(9-6-14)15(20)2-3-16(21)19-10-12-22-13-11-19;/h14,17H,2-13H2,1H3;1H. The van der Waals surface area contributed by atoms with Crippen LogP contribution in [0.5, 0.6) is 0 Å². The van der Waals surface area contributed by atoms with Crippen LogP contribution in [0.15, 0.2) is 0 Å². The van der Waals surface area contributed by atoms with Gasteiger partial charge in [0.25, 0.3) is 0 Å². The molecule has 134 valence electrons. The number of hydrogen-bond acceptors (Lipinski definition) is 4. The van der Waals surface area contributed by atoms with E-state index < -0.39 is 0 Å². The molecule has 2 fully saturated rings. The van der Waals surface area contributed by atoms with Crippen molar-refractivity contribution in [2.45, 2.75) is 32.1 Å². The fraction of sp³-hybridized carbons (Fsp3) is 0.875. The number of morpholine rings is 1. The molecule has 0 unspecified atom stereocenters. The molecule has 7 heteroatoms. The first-order valence-corrected chi connectivity index (χ1v) is 8.48. The molecule has 0 aliphatic carbocycles. The van der Waals surface area contributed by atoms with Crippen molar-refractivity contribution in [2.24, 2.45) is 5.92 Å². The minimum absolute atomic E-state index is 0. The Bertz CT molecular complexity index is 368. The second kappa shape index (κ2) is 10.8. The molecule has 2 aliphatic heterocycles. The number of ether oxygens (including phenoxy) is 1. The molecular formula is C16H30ClN3O3. The summed E-state index contributed by atoms with van der Waals surface area (Å²) in [6.07, 6.45) is 4.04. The fourth-order valence-electron chi connectivity index (χ4n) is 3.16. The maximum Gasteiger partial charge on any atom is 0.223 e. The van der Waals surface area contributed by atoms with Gasteiger partial charge in [0.15, 0.2) is 0 Å². The number of hydrogen-bond donors (Lipinski definition) is 1. The van der Waals surface area contributed by atoms with E-state index in [1.807, 2.05) is 11.9 Å². The summed E-state index contributed by atoms with van der Waals surface area (Å²) in [5.74, 6) is 0.945. The monoisotopic (exact) mass is 347 g/mol. The number of amides is 2. The van der Waals surface area contributed by atoms with Gasteiger partial charge in [0.1, 0.15) is 0 Å². The van der Waals surface area contributed by atoms with Crippen molar-refractivity contribution in [2.75, 3.05) is 53.0 Å². The first-order valence-electron chi connectivity index (χ1n) is 8.48. The van der Waals surface area contributed by atoms with Gasteiger partial charge in [-0.15, -0.1) is 12.4 Å². The van der Waals surface area contributed by atoms with Crippen molar-refractivity contribution in [3.8, 4) is 0 Å². The summed E-state index contributed by atoms with van der Waals surface area (Å²) in [6.45, 7) is 5.28. The molecule has 23 heavy (non-hydrogen) atoms. The van der Waals surface area contributed by atoms with Crippen molar-refractivity contribution in [1.29, 1.82) is 0 Å². The number of nitrogens with one attached hydrogen (secondary N) is 1. The van der Waals surface area contributed by atoms with Crippen LogP contribution in [-0.4, -0.2) is 74.6 Å². The number of halogens is 1. The van der Waals surface area contributed by atoms with Crippen molar-refractivity contribution in [3.63, 3.8) is 0 Å². The smallest absolute Gasteiger partial charge is 0.223 e. The average Bonchev–Trinajstić information content (AvgIpc) is 2.58. The number of likely N-dealkylation sites (tertiary alicyclic amines) is 1. The topological polar surface area (TPSA) is 61.9 Å². The molecule has 2 saturated heterocycles. The zero-order chi connectivity index (χ0) is 15.8. The van der Waals surface area contributed by atoms with E-state index in [4.69, 9.17) is 4.74 Å². The molecule has 0 radical (unpaired) electrons. The molecule has 0 saturated carbocycles. The quantitative estimate of drug-likeness (QED) is 0.775. The number of carbonyl (C=O) groups excluding carboxylic acids is 2. The molecule has 1 N–H and O–H groups in total. The van der Waals surface area contributed by atoms with Gasteiger partial charge in [-0.2, -0.15) is 0 Å². The Hall–Kier alpha value is -0.850. The highest BCUT2D eigenvalue weighted by Crippen LogP contribution is 2.20. The fourth-order valence-corrected chi connectivity index (χ4v) is 3.16. The summed E-state index contributed by atoms with van der Waals surface area (Å²) in [4.78, 5) is 28.0. The van der Waals surface area contributed by atoms with E-state index >= 15 is 0 Å². The van der Waals surface area contributed by atoms with E-state index in [0.717, 1.165) is 38.4 Å². The molecule has 0 aromatic heterocycles. The Labute approximate surface area is 145 Å². The van der Waals surface area contributed by atoms with Crippen LogP contribution in [-0.2, 0) is 14.3 Å². The van der Waals surface area contributed by atoms with Crippen LogP contribution in [0.2, 0.25) is 0 Å². The molecule has 2 aliphatic rings. The summed E-state index contributed by atoms with van der Waals surface area (Å²) in [5.41, 5.74) is 0. The average molecular weight is 348 g/mol. The summed E-state index contributed by atoms with van der Waals surface area (Å²) < 4.78 is 5.24. The third-order valence-electron chi connectivity index (χ3n) is 4.69. The number of rotatable bonds is 6. The predicted octanol–water partition coefficient (Wildman–Crippen LogP) is 0.895. The van der Waals surface area contributed by atoms with E-state index in [0.29, 0.717) is 39.1 Å². The lowest BCUT2D eigenvalue weighted by atomic mass is 9.93. The van der Waals surface area contributed by atoms with Crippen LogP contribution >= 0.6 is 12.4 Å². The first kappa shape index (κ1) is 20.2. The normalized spacial score (nSPS) is 19.3. The lowest BCUT2D eigenvalue weighted by Gasteiger charge is -2.32.